The van der Waals surface area contributed by atoms with Gasteiger partial charge in [0.1, 0.15) is 15.5 Å². The van der Waals surface area contributed by atoms with E-state index >= 15 is 0 Å². The Bertz CT molecular complexity index is 4030. The Hall–Kier alpha value is -7.49. The fourth-order valence-corrected chi connectivity index (χ4v) is 9.50. The van der Waals surface area contributed by atoms with E-state index in [1.807, 2.05) is 0 Å². The van der Waals surface area contributed by atoms with Crippen molar-refractivity contribution in [3.8, 4) is 5.75 Å². The van der Waals surface area contributed by atoms with Gasteiger partial charge in [-0.15, -0.1) is 25.6 Å². The molecule has 8 aromatic rings. The molecule has 0 aliphatic heterocycles. The summed E-state index contributed by atoms with van der Waals surface area (Å²) in [4.78, 5) is 1.11. The second-order valence-corrected chi connectivity index (χ2v) is 20.0. The van der Waals surface area contributed by atoms with E-state index in [1.54, 1.807) is 24.3 Å². The van der Waals surface area contributed by atoms with Crippen molar-refractivity contribution in [2.24, 2.45) is 35.7 Å². The van der Waals surface area contributed by atoms with Crippen LogP contribution >= 0.6 is 0 Å². The first-order valence-corrected chi connectivity index (χ1v) is 24.6. The van der Waals surface area contributed by atoms with Crippen LogP contribution in [0.25, 0.3) is 43.1 Å². The number of hydrogen-bond donors (Lipinski definition) is 6. The number of azo groups is 3. The van der Waals surface area contributed by atoms with Gasteiger partial charge in [0.2, 0.25) is 0 Å². The predicted octanol–water partition coefficient (Wildman–Crippen LogP) is 10.8. The summed E-state index contributed by atoms with van der Waals surface area (Å²) in [5.74, 6) is -0.913. The van der Waals surface area contributed by atoms with Gasteiger partial charge in [-0.1, -0.05) is 42.5 Å². The van der Waals surface area contributed by atoms with Crippen LogP contribution in [0.3, 0.4) is 0 Å². The molecule has 0 amide bonds. The van der Waals surface area contributed by atoms with Crippen LogP contribution in [-0.4, -0.2) is 68.0 Å². The van der Waals surface area contributed by atoms with Crippen LogP contribution in [0, 0.1) is 0 Å². The third-order valence-electron chi connectivity index (χ3n) is 9.97. The summed E-state index contributed by atoms with van der Waals surface area (Å²) in [5.41, 5.74) is 0.354. The van der Waals surface area contributed by atoms with Crippen molar-refractivity contribution in [1.29, 1.82) is 0 Å². The van der Waals surface area contributed by atoms with Gasteiger partial charge in [-0.05, 0) is 89.6 Å². The van der Waals surface area contributed by atoms with Crippen LogP contribution in [0.15, 0.2) is 177 Å². The van der Waals surface area contributed by atoms with E-state index in [0.29, 0.717) is 16.8 Å². The number of phenols is 1. The maximum atomic E-state index is 12.5. The lowest BCUT2D eigenvalue weighted by Crippen LogP contribution is -2.04. The number of hydrogen-bond acceptors (Lipinski definition) is 16. The van der Waals surface area contributed by atoms with E-state index in [4.69, 9.17) is 0 Å². The zero-order valence-electron chi connectivity index (χ0n) is 33.8. The molecule has 0 bridgehead atoms. The molecule has 0 atom stereocenters. The van der Waals surface area contributed by atoms with Crippen molar-refractivity contribution in [2.75, 3.05) is 0 Å². The fraction of sp³-hybridized carbons (Fsp3) is 0.0238. The molecular formula is C42H29N7O14S4. The minimum absolute atomic E-state index is 0.0164. The molecule has 25 heteroatoms. The Morgan fingerprint density at radius 3 is 1.46 bits per heavy atom. The molecule has 0 aromatic heterocycles. The lowest BCUT2D eigenvalue weighted by molar-refractivity contribution is 0.472. The SMILES string of the molecule is CC(O)=Nc1ccc2cc(S(=O)(=O)O)c(N=Nc3ccc(N=Nc4ccc(N=Nc5ccc6cc(S(=O)(=O)O)cc(S(=O)(=O)O)c6c5)c5ccc(S(=O)(=O)O)cc45)c4ccccc34)c(O)c2c1. The molecule has 67 heavy (non-hydrogen) atoms. The number of aliphatic hydroxyl groups excluding tert-OH is 1. The highest BCUT2D eigenvalue weighted by Crippen LogP contribution is 2.44. The third-order valence-corrected chi connectivity index (χ3v) is 13.4. The highest BCUT2D eigenvalue weighted by atomic mass is 32.2. The monoisotopic (exact) mass is 983 g/mol. The predicted molar refractivity (Wildman–Crippen MR) is 245 cm³/mol. The standard InChI is InChI=1S/C42H29N7O14S4/c1-22(50)43-25-8-6-24-17-40(67(61,62)63)41(42(51)33(24)18-25)49-48-36-13-12-35(29-4-2-3-5-30(29)36)46-47-38-15-14-37(31-11-10-27(20-34(31)38)64(52,53)54)45-44-26-9-7-23-16-28(65(55,56)57)21-39(32(23)19-26)66(58,59)60/h2-21,51H,1H3,(H,43,50)(H,52,53,54)(H,55,56,57)(H,58,59,60)(H,61,62,63). The van der Waals surface area contributed by atoms with E-state index in [-0.39, 0.29) is 72.3 Å². The number of fused-ring (bicyclic) bond motifs is 4. The van der Waals surface area contributed by atoms with E-state index in [9.17, 15) is 62.1 Å². The average molecular weight is 984 g/mol. The number of aliphatic imine (C=N–C) groups is 1. The van der Waals surface area contributed by atoms with Gasteiger partial charge in [0, 0.05) is 39.2 Å². The van der Waals surface area contributed by atoms with Crippen molar-refractivity contribution < 1.29 is 62.1 Å². The molecule has 6 N–H and O–H groups in total. The molecule has 340 valence electrons. The number of aromatic hydroxyl groups is 1. The largest absolute Gasteiger partial charge is 0.505 e. The summed E-state index contributed by atoms with van der Waals surface area (Å²) < 4.78 is 137. The van der Waals surface area contributed by atoms with Crippen LogP contribution < -0.4 is 0 Å². The molecule has 0 saturated carbocycles. The summed E-state index contributed by atoms with van der Waals surface area (Å²) in [6.45, 7) is 1.34. The van der Waals surface area contributed by atoms with Crippen molar-refractivity contribution in [3.63, 3.8) is 0 Å². The first kappa shape index (κ1) is 46.1. The molecule has 8 rings (SSSR count). The molecule has 0 saturated heterocycles. The number of phenolic OH excluding ortho intramolecular Hbond substituents is 1. The van der Waals surface area contributed by atoms with Gasteiger partial charge in [0.25, 0.3) is 40.5 Å². The van der Waals surface area contributed by atoms with Gasteiger partial charge in [-0.2, -0.15) is 38.8 Å². The van der Waals surface area contributed by atoms with E-state index in [1.165, 1.54) is 73.7 Å². The zero-order chi connectivity index (χ0) is 48.2. The van der Waals surface area contributed by atoms with Crippen molar-refractivity contribution in [1.82, 2.24) is 0 Å². The second kappa shape index (κ2) is 17.1. The maximum absolute atomic E-state index is 12.5. The fourth-order valence-electron chi connectivity index (χ4n) is 6.98. The average Bonchev–Trinajstić information content (AvgIpc) is 3.25. The van der Waals surface area contributed by atoms with Crippen LogP contribution in [0.5, 0.6) is 5.75 Å². The van der Waals surface area contributed by atoms with Gasteiger partial charge < -0.3 is 10.2 Å². The zero-order valence-corrected chi connectivity index (χ0v) is 37.0. The number of nitrogens with zero attached hydrogens (tertiary/aromatic N) is 7. The third kappa shape index (κ3) is 9.60. The molecule has 0 aliphatic carbocycles. The smallest absolute Gasteiger partial charge is 0.296 e. The Kier molecular flexibility index (Phi) is 11.7. The van der Waals surface area contributed by atoms with Gasteiger partial charge in [0.15, 0.2) is 11.6 Å². The lowest BCUT2D eigenvalue weighted by Gasteiger charge is -2.10. The van der Waals surface area contributed by atoms with Crippen molar-refractivity contribution >= 4 is 129 Å². The Morgan fingerprint density at radius 2 is 0.910 bits per heavy atom. The Balaban J connectivity index is 1.18. The number of aliphatic hydroxyl groups is 1. The lowest BCUT2D eigenvalue weighted by atomic mass is 10.1. The van der Waals surface area contributed by atoms with Crippen molar-refractivity contribution in [3.05, 3.63) is 121 Å². The second-order valence-electron chi connectivity index (χ2n) is 14.4. The van der Waals surface area contributed by atoms with E-state index in [0.717, 1.165) is 24.3 Å². The quantitative estimate of drug-likeness (QED) is 0.0304. The molecule has 0 radical (unpaired) electrons. The highest BCUT2D eigenvalue weighted by Gasteiger charge is 2.24. The summed E-state index contributed by atoms with van der Waals surface area (Å²) in [5, 5.41) is 47.8. The van der Waals surface area contributed by atoms with Crippen molar-refractivity contribution in [2.45, 2.75) is 26.5 Å². The normalized spacial score (nSPS) is 13.4. The highest BCUT2D eigenvalue weighted by molar-refractivity contribution is 7.87. The van der Waals surface area contributed by atoms with E-state index in [2.05, 4.69) is 35.7 Å². The molecular weight excluding hydrogens is 955 g/mol. The molecule has 8 aromatic carbocycles. The first-order valence-electron chi connectivity index (χ1n) is 18.8. The Morgan fingerprint density at radius 1 is 0.418 bits per heavy atom. The topological polar surface area (TPSA) is 344 Å². The van der Waals surface area contributed by atoms with Crippen LogP contribution in [0.4, 0.5) is 39.8 Å². The number of benzene rings is 8. The molecule has 0 fully saturated rings. The summed E-state index contributed by atoms with van der Waals surface area (Å²) in [6, 6.07) is 26.9. The molecule has 0 unspecified atom stereocenters. The Labute approximate surface area is 378 Å². The summed E-state index contributed by atoms with van der Waals surface area (Å²) in [6.07, 6.45) is 0. The first-order chi connectivity index (χ1) is 31.5. The van der Waals surface area contributed by atoms with Gasteiger partial charge in [0.05, 0.1) is 43.9 Å². The summed E-state index contributed by atoms with van der Waals surface area (Å²) in [7, 11) is -19.5. The molecule has 0 spiro atoms. The minimum atomic E-state index is -5.00. The van der Waals surface area contributed by atoms with Crippen LogP contribution in [-0.2, 0) is 40.5 Å². The van der Waals surface area contributed by atoms with Crippen LogP contribution in [0.1, 0.15) is 6.92 Å². The van der Waals surface area contributed by atoms with Gasteiger partial charge >= 0.3 is 0 Å². The van der Waals surface area contributed by atoms with Gasteiger partial charge in [-0.3, -0.25) is 18.2 Å². The van der Waals surface area contributed by atoms with E-state index < -0.39 is 71.5 Å². The van der Waals surface area contributed by atoms with Gasteiger partial charge in [-0.25, -0.2) is 4.99 Å². The minimum Gasteiger partial charge on any atom is -0.505 e. The summed E-state index contributed by atoms with van der Waals surface area (Å²) >= 11 is 0. The molecule has 0 heterocycles. The maximum Gasteiger partial charge on any atom is 0.296 e. The molecule has 21 nitrogen and oxygen atoms in total. The number of rotatable bonds is 11. The molecule has 0 aliphatic rings. The van der Waals surface area contributed by atoms with Crippen LogP contribution in [0.2, 0.25) is 0 Å².